The zero-order valence-corrected chi connectivity index (χ0v) is 10.4. The molecule has 0 saturated heterocycles. The van der Waals surface area contributed by atoms with E-state index in [9.17, 15) is 4.79 Å². The normalized spacial score (nSPS) is 11.9. The Hall–Kier alpha value is -2.34. The summed E-state index contributed by atoms with van der Waals surface area (Å²) in [5.74, 6) is 0.154. The number of pyridine rings is 1. The monoisotopic (exact) mass is 258 g/mol. The quantitative estimate of drug-likeness (QED) is 0.840. The van der Waals surface area contributed by atoms with Gasteiger partial charge in [0.1, 0.15) is 5.69 Å². The maximum atomic E-state index is 11.7. The van der Waals surface area contributed by atoms with E-state index < -0.39 is 6.10 Å². The zero-order chi connectivity index (χ0) is 13.7. The number of amides is 1. The first kappa shape index (κ1) is 13.1. The highest BCUT2D eigenvalue weighted by atomic mass is 16.3. The Morgan fingerprint density at radius 1 is 1.32 bits per heavy atom. The maximum Gasteiger partial charge on any atom is 0.254 e. The van der Waals surface area contributed by atoms with Crippen LogP contribution in [-0.4, -0.2) is 38.6 Å². The average Bonchev–Trinajstić information content (AvgIpc) is 2.46. The van der Waals surface area contributed by atoms with Gasteiger partial charge in [-0.1, -0.05) is 6.07 Å². The Bertz CT molecular complexity index is 540. The lowest BCUT2D eigenvalue weighted by Gasteiger charge is -2.06. The number of carbonyl (C=O) groups is 1. The number of hydrogen-bond donors (Lipinski definition) is 2. The Labute approximate surface area is 110 Å². The minimum absolute atomic E-state index is 0.195. The van der Waals surface area contributed by atoms with Crippen molar-refractivity contribution in [1.82, 2.24) is 20.3 Å². The number of nitrogens with one attached hydrogen (secondary N) is 1. The van der Waals surface area contributed by atoms with Crippen LogP contribution in [0.2, 0.25) is 0 Å². The summed E-state index contributed by atoms with van der Waals surface area (Å²) in [4.78, 5) is 24.0. The van der Waals surface area contributed by atoms with Crippen LogP contribution < -0.4 is 5.32 Å². The predicted molar refractivity (Wildman–Crippen MR) is 69.3 cm³/mol. The molecule has 1 atom stereocenters. The number of carbonyl (C=O) groups excluding carboxylic acids is 1. The fourth-order valence-corrected chi connectivity index (χ4v) is 1.42. The smallest absolute Gasteiger partial charge is 0.254 e. The summed E-state index contributed by atoms with van der Waals surface area (Å²) in [6.45, 7) is 1.79. The summed E-state index contributed by atoms with van der Waals surface area (Å²) in [6.07, 6.45) is 3.95. The topological polar surface area (TPSA) is 88.0 Å². The molecule has 6 nitrogen and oxygen atoms in total. The summed E-state index contributed by atoms with van der Waals surface area (Å²) in [6, 6.07) is 5.44. The van der Waals surface area contributed by atoms with E-state index in [0.717, 1.165) is 0 Å². The van der Waals surface area contributed by atoms with Gasteiger partial charge in [0.2, 0.25) is 0 Å². The minimum Gasteiger partial charge on any atom is -0.392 e. The first-order chi connectivity index (χ1) is 9.16. The van der Waals surface area contributed by atoms with Gasteiger partial charge in [-0.3, -0.25) is 9.78 Å². The summed E-state index contributed by atoms with van der Waals surface area (Å²) in [7, 11) is 0. The average molecular weight is 258 g/mol. The largest absolute Gasteiger partial charge is 0.392 e. The van der Waals surface area contributed by atoms with Crippen LogP contribution in [0.15, 0.2) is 36.8 Å². The summed E-state index contributed by atoms with van der Waals surface area (Å²) >= 11 is 0. The van der Waals surface area contributed by atoms with Crippen molar-refractivity contribution < 1.29 is 9.90 Å². The zero-order valence-electron chi connectivity index (χ0n) is 10.4. The fraction of sp³-hybridized carbons (Fsp3) is 0.231. The second kappa shape index (κ2) is 6.01. The van der Waals surface area contributed by atoms with E-state index in [1.54, 1.807) is 25.3 Å². The number of nitrogens with zero attached hydrogens (tertiary/aromatic N) is 3. The van der Waals surface area contributed by atoms with Crippen LogP contribution in [0, 0.1) is 0 Å². The van der Waals surface area contributed by atoms with Gasteiger partial charge in [-0.05, 0) is 19.1 Å². The molecule has 2 rings (SSSR count). The highest BCUT2D eigenvalue weighted by molar-refractivity contribution is 5.93. The molecule has 2 aromatic heterocycles. The van der Waals surface area contributed by atoms with Gasteiger partial charge in [0, 0.05) is 25.1 Å². The van der Waals surface area contributed by atoms with Gasteiger partial charge in [0.05, 0.1) is 11.7 Å². The molecule has 0 aliphatic carbocycles. The van der Waals surface area contributed by atoms with Gasteiger partial charge in [0.15, 0.2) is 5.82 Å². The summed E-state index contributed by atoms with van der Waals surface area (Å²) in [5.41, 5.74) is 0.999. The Morgan fingerprint density at radius 2 is 2.05 bits per heavy atom. The van der Waals surface area contributed by atoms with Crippen molar-refractivity contribution >= 4 is 5.91 Å². The van der Waals surface area contributed by atoms with Gasteiger partial charge < -0.3 is 10.4 Å². The Kier molecular flexibility index (Phi) is 4.15. The number of rotatable bonds is 4. The van der Waals surface area contributed by atoms with E-state index in [0.29, 0.717) is 17.1 Å². The minimum atomic E-state index is -0.585. The first-order valence-electron chi connectivity index (χ1n) is 5.86. The third-order valence-corrected chi connectivity index (χ3v) is 2.37. The summed E-state index contributed by atoms with van der Waals surface area (Å²) in [5, 5.41) is 11.7. The maximum absolute atomic E-state index is 11.7. The molecule has 0 fully saturated rings. The lowest BCUT2D eigenvalue weighted by molar-refractivity contribution is 0.0923. The van der Waals surface area contributed by atoms with Crippen molar-refractivity contribution in [2.75, 3.05) is 6.54 Å². The molecule has 6 heteroatoms. The summed E-state index contributed by atoms with van der Waals surface area (Å²) < 4.78 is 0. The number of hydrogen-bond acceptors (Lipinski definition) is 5. The molecule has 0 radical (unpaired) electrons. The molecular formula is C13H14N4O2. The van der Waals surface area contributed by atoms with Crippen LogP contribution in [0.4, 0.5) is 0 Å². The third-order valence-electron chi connectivity index (χ3n) is 2.37. The molecule has 1 amide bonds. The Morgan fingerprint density at radius 3 is 2.63 bits per heavy atom. The Balaban J connectivity index is 2.08. The van der Waals surface area contributed by atoms with Gasteiger partial charge in [0.25, 0.3) is 5.91 Å². The van der Waals surface area contributed by atoms with Crippen molar-refractivity contribution in [3.63, 3.8) is 0 Å². The van der Waals surface area contributed by atoms with Crippen molar-refractivity contribution in [2.45, 2.75) is 13.0 Å². The molecular weight excluding hydrogens is 244 g/mol. The lowest BCUT2D eigenvalue weighted by atomic mass is 10.3. The van der Waals surface area contributed by atoms with Gasteiger partial charge >= 0.3 is 0 Å². The molecule has 0 aliphatic rings. The van der Waals surface area contributed by atoms with E-state index in [-0.39, 0.29) is 12.5 Å². The molecule has 0 bridgehead atoms. The molecule has 0 unspecified atom stereocenters. The van der Waals surface area contributed by atoms with Crippen LogP contribution in [-0.2, 0) is 0 Å². The standard InChI is InChI=1S/C13H14N4O2/c1-9(18)6-17-13(19)10-7-15-12(16-8-10)11-4-2-3-5-14-11/h2-5,7-9,18H,6H2,1H3,(H,17,19)/t9-/m0/s1. The van der Waals surface area contributed by atoms with Crippen LogP contribution >= 0.6 is 0 Å². The van der Waals surface area contributed by atoms with Crippen LogP contribution in [0.3, 0.4) is 0 Å². The van der Waals surface area contributed by atoms with Gasteiger partial charge in [-0.2, -0.15) is 0 Å². The second-order valence-electron chi connectivity index (χ2n) is 4.07. The second-order valence-corrected chi connectivity index (χ2v) is 4.07. The van der Waals surface area contributed by atoms with Crippen LogP contribution in [0.25, 0.3) is 11.5 Å². The van der Waals surface area contributed by atoms with E-state index in [4.69, 9.17) is 5.11 Å². The molecule has 2 heterocycles. The first-order valence-corrected chi connectivity index (χ1v) is 5.86. The molecule has 2 aromatic rings. The van der Waals surface area contributed by atoms with Crippen molar-refractivity contribution in [1.29, 1.82) is 0 Å². The van der Waals surface area contributed by atoms with Crippen LogP contribution in [0.5, 0.6) is 0 Å². The number of aromatic nitrogens is 3. The predicted octanol–water partition coefficient (Wildman–Crippen LogP) is 0.649. The number of aliphatic hydroxyl groups excluding tert-OH is 1. The molecule has 0 spiro atoms. The van der Waals surface area contributed by atoms with Crippen LogP contribution in [0.1, 0.15) is 17.3 Å². The van der Waals surface area contributed by atoms with Crippen molar-refractivity contribution in [3.05, 3.63) is 42.4 Å². The number of aliphatic hydroxyl groups is 1. The molecule has 19 heavy (non-hydrogen) atoms. The van der Waals surface area contributed by atoms with Crippen molar-refractivity contribution in [2.24, 2.45) is 0 Å². The lowest BCUT2D eigenvalue weighted by Crippen LogP contribution is -2.30. The van der Waals surface area contributed by atoms with E-state index in [1.807, 2.05) is 6.07 Å². The van der Waals surface area contributed by atoms with E-state index >= 15 is 0 Å². The highest BCUT2D eigenvalue weighted by Gasteiger charge is 2.08. The molecule has 98 valence electrons. The fourth-order valence-electron chi connectivity index (χ4n) is 1.42. The van der Waals surface area contributed by atoms with E-state index in [1.165, 1.54) is 12.4 Å². The molecule has 0 saturated carbocycles. The molecule has 2 N–H and O–H groups in total. The van der Waals surface area contributed by atoms with Gasteiger partial charge in [-0.25, -0.2) is 9.97 Å². The highest BCUT2D eigenvalue weighted by Crippen LogP contribution is 2.09. The third kappa shape index (κ3) is 3.56. The molecule has 0 aromatic carbocycles. The SMILES string of the molecule is C[C@H](O)CNC(=O)c1cnc(-c2ccccn2)nc1. The molecule has 0 aliphatic heterocycles. The van der Waals surface area contributed by atoms with Crippen molar-refractivity contribution in [3.8, 4) is 11.5 Å². The van der Waals surface area contributed by atoms with Gasteiger partial charge in [-0.15, -0.1) is 0 Å². The van der Waals surface area contributed by atoms with E-state index in [2.05, 4.69) is 20.3 Å².